The van der Waals surface area contributed by atoms with Gasteiger partial charge >= 0.3 is 5.97 Å². The highest BCUT2D eigenvalue weighted by Crippen LogP contribution is 2.20. The van der Waals surface area contributed by atoms with Crippen LogP contribution < -0.4 is 5.32 Å². The van der Waals surface area contributed by atoms with E-state index >= 15 is 0 Å². The number of rotatable bonds is 4. The van der Waals surface area contributed by atoms with Gasteiger partial charge in [-0.1, -0.05) is 18.2 Å². The molecule has 110 valence electrons. The van der Waals surface area contributed by atoms with Crippen molar-refractivity contribution in [2.24, 2.45) is 0 Å². The molecule has 0 aromatic heterocycles. The Morgan fingerprint density at radius 3 is 2.67 bits per heavy atom. The van der Waals surface area contributed by atoms with Crippen LogP contribution >= 0.6 is 0 Å². The van der Waals surface area contributed by atoms with Crippen LogP contribution in [0.5, 0.6) is 0 Å². The third kappa shape index (κ3) is 3.40. The highest BCUT2D eigenvalue weighted by atomic mass is 19.1. The van der Waals surface area contributed by atoms with Crippen LogP contribution in [0.15, 0.2) is 36.4 Å². The topological polar surface area (TPSA) is 38.3 Å². The second-order valence-corrected chi connectivity index (χ2v) is 4.91. The Morgan fingerprint density at radius 2 is 2.00 bits per heavy atom. The van der Waals surface area contributed by atoms with E-state index in [0.29, 0.717) is 17.7 Å². The molecule has 1 N–H and O–H groups in total. The standard InChI is InChI=1S/C17H18FNO2/c1-11-7-8-13(9-15(11)18)10-19-16-6-4-5-14(12(16)2)17(20)21-3/h4-9,19H,10H2,1-3H3. The van der Waals surface area contributed by atoms with E-state index in [1.165, 1.54) is 13.2 Å². The summed E-state index contributed by atoms with van der Waals surface area (Å²) in [6, 6.07) is 10.5. The van der Waals surface area contributed by atoms with Crippen LogP contribution in [0.3, 0.4) is 0 Å². The minimum atomic E-state index is -0.363. The number of benzene rings is 2. The molecule has 0 aliphatic rings. The fourth-order valence-corrected chi connectivity index (χ4v) is 2.10. The van der Waals surface area contributed by atoms with E-state index in [4.69, 9.17) is 4.74 Å². The molecule has 4 heteroatoms. The van der Waals surface area contributed by atoms with E-state index in [1.807, 2.05) is 19.1 Å². The van der Waals surface area contributed by atoms with Crippen LogP contribution in [0.2, 0.25) is 0 Å². The number of ether oxygens (including phenoxy) is 1. The number of methoxy groups -OCH3 is 1. The number of esters is 1. The van der Waals surface area contributed by atoms with Crippen molar-refractivity contribution in [1.29, 1.82) is 0 Å². The second kappa shape index (κ2) is 6.39. The Hall–Kier alpha value is -2.36. The van der Waals surface area contributed by atoms with Crippen molar-refractivity contribution in [3.05, 3.63) is 64.5 Å². The molecule has 0 atom stereocenters. The predicted molar refractivity (Wildman–Crippen MR) is 81.0 cm³/mol. The molecule has 0 saturated carbocycles. The molecule has 2 rings (SSSR count). The number of anilines is 1. The smallest absolute Gasteiger partial charge is 0.338 e. The molecule has 0 aliphatic heterocycles. The molecule has 0 bridgehead atoms. The van der Waals surface area contributed by atoms with Gasteiger partial charge < -0.3 is 10.1 Å². The molecule has 0 radical (unpaired) electrons. The van der Waals surface area contributed by atoms with Gasteiger partial charge in [0.2, 0.25) is 0 Å². The van der Waals surface area contributed by atoms with Gasteiger partial charge in [0, 0.05) is 12.2 Å². The zero-order chi connectivity index (χ0) is 15.4. The van der Waals surface area contributed by atoms with E-state index in [-0.39, 0.29) is 11.8 Å². The Balaban J connectivity index is 2.16. The number of hydrogen-bond donors (Lipinski definition) is 1. The first-order valence-corrected chi connectivity index (χ1v) is 6.69. The highest BCUT2D eigenvalue weighted by molar-refractivity contribution is 5.92. The Bertz CT molecular complexity index is 668. The Morgan fingerprint density at radius 1 is 1.24 bits per heavy atom. The zero-order valence-electron chi connectivity index (χ0n) is 12.4. The average molecular weight is 287 g/mol. The molecule has 0 aliphatic carbocycles. The predicted octanol–water partition coefficient (Wildman–Crippen LogP) is 3.84. The van der Waals surface area contributed by atoms with Gasteiger partial charge in [-0.2, -0.15) is 0 Å². The van der Waals surface area contributed by atoms with E-state index < -0.39 is 0 Å². The summed E-state index contributed by atoms with van der Waals surface area (Å²) in [7, 11) is 1.36. The highest BCUT2D eigenvalue weighted by Gasteiger charge is 2.11. The van der Waals surface area contributed by atoms with Crippen molar-refractivity contribution >= 4 is 11.7 Å². The largest absolute Gasteiger partial charge is 0.465 e. The first-order chi connectivity index (χ1) is 10.0. The van der Waals surface area contributed by atoms with Gasteiger partial charge in [0.1, 0.15) is 5.82 Å². The van der Waals surface area contributed by atoms with Crippen molar-refractivity contribution in [2.75, 3.05) is 12.4 Å². The summed E-state index contributed by atoms with van der Waals surface area (Å²) in [5, 5.41) is 3.22. The second-order valence-electron chi connectivity index (χ2n) is 4.91. The van der Waals surface area contributed by atoms with Crippen LogP contribution in [0.4, 0.5) is 10.1 Å². The Kier molecular flexibility index (Phi) is 4.58. The maximum atomic E-state index is 13.5. The summed E-state index contributed by atoms with van der Waals surface area (Å²) in [5.74, 6) is -0.577. The molecule has 0 saturated heterocycles. The van der Waals surface area contributed by atoms with Gasteiger partial charge in [-0.25, -0.2) is 9.18 Å². The summed E-state index contributed by atoms with van der Waals surface area (Å²) in [6.45, 7) is 4.07. The summed E-state index contributed by atoms with van der Waals surface area (Å²) in [6.07, 6.45) is 0. The maximum Gasteiger partial charge on any atom is 0.338 e. The van der Waals surface area contributed by atoms with E-state index in [2.05, 4.69) is 5.32 Å². The van der Waals surface area contributed by atoms with Crippen molar-refractivity contribution in [3.8, 4) is 0 Å². The van der Waals surface area contributed by atoms with Gasteiger partial charge in [-0.15, -0.1) is 0 Å². The quantitative estimate of drug-likeness (QED) is 0.868. The first kappa shape index (κ1) is 15.0. The molecular weight excluding hydrogens is 269 g/mol. The molecule has 21 heavy (non-hydrogen) atoms. The SMILES string of the molecule is COC(=O)c1cccc(NCc2ccc(C)c(F)c2)c1C. The number of carbonyl (C=O) groups is 1. The van der Waals surface area contributed by atoms with Crippen molar-refractivity contribution in [2.45, 2.75) is 20.4 Å². The molecular formula is C17H18FNO2. The number of carbonyl (C=O) groups excluding carboxylic acids is 1. The number of halogens is 1. The number of aryl methyl sites for hydroxylation is 1. The summed E-state index contributed by atoms with van der Waals surface area (Å²) in [4.78, 5) is 11.6. The fourth-order valence-electron chi connectivity index (χ4n) is 2.10. The van der Waals surface area contributed by atoms with Gasteiger partial charge in [0.25, 0.3) is 0 Å². The lowest BCUT2D eigenvalue weighted by Crippen LogP contribution is -2.07. The lowest BCUT2D eigenvalue weighted by Gasteiger charge is -2.12. The summed E-state index contributed by atoms with van der Waals surface area (Å²) >= 11 is 0. The number of hydrogen-bond acceptors (Lipinski definition) is 3. The normalized spacial score (nSPS) is 10.3. The van der Waals surface area contributed by atoms with Gasteiger partial charge in [0.05, 0.1) is 12.7 Å². The molecule has 0 heterocycles. The molecule has 2 aromatic rings. The molecule has 0 spiro atoms. The van der Waals surface area contributed by atoms with Gasteiger partial charge in [-0.05, 0) is 48.7 Å². The minimum Gasteiger partial charge on any atom is -0.465 e. The van der Waals surface area contributed by atoms with Crippen molar-refractivity contribution in [3.63, 3.8) is 0 Å². The summed E-state index contributed by atoms with van der Waals surface area (Å²) < 4.78 is 18.3. The molecule has 0 unspecified atom stereocenters. The average Bonchev–Trinajstić information content (AvgIpc) is 2.49. The van der Waals surface area contributed by atoms with E-state index in [9.17, 15) is 9.18 Å². The van der Waals surface area contributed by atoms with E-state index in [0.717, 1.165) is 16.8 Å². The molecule has 2 aromatic carbocycles. The van der Waals surface area contributed by atoms with Crippen LogP contribution in [-0.4, -0.2) is 13.1 Å². The third-order valence-electron chi connectivity index (χ3n) is 3.46. The van der Waals surface area contributed by atoms with Crippen LogP contribution in [-0.2, 0) is 11.3 Å². The monoisotopic (exact) mass is 287 g/mol. The van der Waals surface area contributed by atoms with Crippen LogP contribution in [0.1, 0.15) is 27.0 Å². The van der Waals surface area contributed by atoms with E-state index in [1.54, 1.807) is 25.1 Å². The zero-order valence-corrected chi connectivity index (χ0v) is 12.4. The third-order valence-corrected chi connectivity index (χ3v) is 3.46. The maximum absolute atomic E-state index is 13.5. The van der Waals surface area contributed by atoms with Crippen molar-refractivity contribution in [1.82, 2.24) is 0 Å². The first-order valence-electron chi connectivity index (χ1n) is 6.69. The van der Waals surface area contributed by atoms with Gasteiger partial charge in [-0.3, -0.25) is 0 Å². The fraction of sp³-hybridized carbons (Fsp3) is 0.235. The van der Waals surface area contributed by atoms with Gasteiger partial charge in [0.15, 0.2) is 0 Å². The minimum absolute atomic E-state index is 0.214. The van der Waals surface area contributed by atoms with Crippen LogP contribution in [0, 0.1) is 19.7 Å². The molecule has 0 amide bonds. The summed E-state index contributed by atoms with van der Waals surface area (Å²) in [5.41, 5.74) is 3.65. The molecule has 3 nitrogen and oxygen atoms in total. The lowest BCUT2D eigenvalue weighted by molar-refractivity contribution is 0.0600. The number of nitrogens with one attached hydrogen (secondary N) is 1. The van der Waals surface area contributed by atoms with Crippen LogP contribution in [0.25, 0.3) is 0 Å². The van der Waals surface area contributed by atoms with Crippen molar-refractivity contribution < 1.29 is 13.9 Å². The molecule has 0 fully saturated rings. The Labute approximate surface area is 123 Å². The lowest BCUT2D eigenvalue weighted by atomic mass is 10.1.